The Morgan fingerprint density at radius 3 is 2.04 bits per heavy atom. The van der Waals surface area contributed by atoms with E-state index in [0.717, 1.165) is 6.42 Å². The van der Waals surface area contributed by atoms with Crippen molar-refractivity contribution in [3.63, 3.8) is 0 Å². The van der Waals surface area contributed by atoms with Crippen LogP contribution < -0.4 is 0 Å². The molecule has 0 aliphatic carbocycles. The van der Waals surface area contributed by atoms with E-state index in [4.69, 9.17) is 0 Å². The molecular formula is C23H16. The second-order valence-corrected chi connectivity index (χ2v) is 6.25. The summed E-state index contributed by atoms with van der Waals surface area (Å²) in [5.41, 5.74) is 2.77. The summed E-state index contributed by atoms with van der Waals surface area (Å²) in [6.45, 7) is 0. The molecule has 0 bridgehead atoms. The Kier molecular flexibility index (Phi) is 2.65. The molecule has 0 heterocycles. The van der Waals surface area contributed by atoms with E-state index in [1.54, 1.807) is 0 Å². The Bertz CT molecular complexity index is 1120. The van der Waals surface area contributed by atoms with Gasteiger partial charge in [0, 0.05) is 0 Å². The van der Waals surface area contributed by atoms with Crippen molar-refractivity contribution in [1.29, 1.82) is 0 Å². The molecule has 0 saturated heterocycles. The van der Waals surface area contributed by atoms with E-state index in [0.29, 0.717) is 0 Å². The minimum atomic E-state index is 0.977. The van der Waals surface area contributed by atoms with E-state index in [-0.39, 0.29) is 0 Å². The average molecular weight is 292 g/mol. The van der Waals surface area contributed by atoms with Crippen molar-refractivity contribution < 1.29 is 0 Å². The van der Waals surface area contributed by atoms with Crippen LogP contribution >= 0.6 is 0 Å². The summed E-state index contributed by atoms with van der Waals surface area (Å²) < 4.78 is 0. The maximum Gasteiger partial charge on any atom is -0.00194 e. The molecule has 5 rings (SSSR count). The normalized spacial score (nSPS) is 11.7. The van der Waals surface area contributed by atoms with Gasteiger partial charge < -0.3 is 0 Å². The first-order valence-electron chi connectivity index (χ1n) is 8.09. The van der Waals surface area contributed by atoms with Crippen molar-refractivity contribution in [1.82, 2.24) is 0 Å². The molecule has 5 aromatic rings. The topological polar surface area (TPSA) is 0 Å². The molecule has 23 heavy (non-hydrogen) atoms. The van der Waals surface area contributed by atoms with E-state index in [2.05, 4.69) is 84.9 Å². The maximum absolute atomic E-state index is 2.37. The van der Waals surface area contributed by atoms with E-state index in [1.807, 2.05) is 0 Å². The molecule has 0 radical (unpaired) electrons. The molecule has 5 aromatic carbocycles. The second kappa shape index (κ2) is 4.82. The highest BCUT2D eigenvalue weighted by Gasteiger charge is 2.11. The van der Waals surface area contributed by atoms with Crippen LogP contribution in [0.1, 0.15) is 11.1 Å². The second-order valence-electron chi connectivity index (χ2n) is 6.25. The third-order valence-electron chi connectivity index (χ3n) is 4.83. The van der Waals surface area contributed by atoms with Crippen molar-refractivity contribution >= 4 is 32.3 Å². The molecule has 0 aromatic heterocycles. The summed E-state index contributed by atoms with van der Waals surface area (Å²) in [7, 11) is 0. The first-order valence-corrected chi connectivity index (χ1v) is 8.09. The molecule has 0 aliphatic rings. The molecule has 0 atom stereocenters. The van der Waals surface area contributed by atoms with Crippen LogP contribution in [0.15, 0.2) is 84.9 Å². The number of hydrogen-bond donors (Lipinski definition) is 0. The van der Waals surface area contributed by atoms with Crippen LogP contribution in [0.3, 0.4) is 0 Å². The fourth-order valence-electron chi connectivity index (χ4n) is 3.80. The van der Waals surface area contributed by atoms with Crippen molar-refractivity contribution in [3.05, 3.63) is 96.1 Å². The van der Waals surface area contributed by atoms with Crippen LogP contribution in [0.25, 0.3) is 32.3 Å². The first kappa shape index (κ1) is 12.7. The van der Waals surface area contributed by atoms with Crippen LogP contribution in [-0.4, -0.2) is 0 Å². The Balaban J connectivity index is 1.88. The van der Waals surface area contributed by atoms with Crippen molar-refractivity contribution in [3.8, 4) is 0 Å². The van der Waals surface area contributed by atoms with Gasteiger partial charge in [-0.15, -0.1) is 0 Å². The fourth-order valence-corrected chi connectivity index (χ4v) is 3.80. The van der Waals surface area contributed by atoms with E-state index in [9.17, 15) is 0 Å². The lowest BCUT2D eigenvalue weighted by molar-refractivity contribution is 1.22. The van der Waals surface area contributed by atoms with Gasteiger partial charge in [0.05, 0.1) is 0 Å². The first-order chi connectivity index (χ1) is 11.4. The van der Waals surface area contributed by atoms with Gasteiger partial charge >= 0.3 is 0 Å². The summed E-state index contributed by atoms with van der Waals surface area (Å²) in [5.74, 6) is 0. The summed E-state index contributed by atoms with van der Waals surface area (Å²) in [6.07, 6.45) is 0.977. The summed E-state index contributed by atoms with van der Waals surface area (Å²) in [5, 5.41) is 8.21. The standard InChI is InChI=1S/C23H16/c1-2-6-16(7-3-1)14-20-15-19-10-4-8-17-12-13-18-9-5-11-21(20)23(18)22(17)19/h1-13,15H,14H2. The lowest BCUT2D eigenvalue weighted by Gasteiger charge is -2.14. The zero-order valence-electron chi connectivity index (χ0n) is 12.8. The van der Waals surface area contributed by atoms with Gasteiger partial charge in [0.1, 0.15) is 0 Å². The highest BCUT2D eigenvalue weighted by molar-refractivity contribution is 6.23. The van der Waals surface area contributed by atoms with E-state index >= 15 is 0 Å². The molecular weight excluding hydrogens is 276 g/mol. The van der Waals surface area contributed by atoms with Crippen molar-refractivity contribution in [2.75, 3.05) is 0 Å². The Labute approximate surface area is 135 Å². The summed E-state index contributed by atoms with van der Waals surface area (Å²) in [4.78, 5) is 0. The monoisotopic (exact) mass is 292 g/mol. The predicted molar refractivity (Wildman–Crippen MR) is 99.4 cm³/mol. The molecule has 0 aliphatic heterocycles. The zero-order valence-corrected chi connectivity index (χ0v) is 12.8. The molecule has 0 heteroatoms. The summed E-state index contributed by atoms with van der Waals surface area (Å²) in [6, 6.07) is 30.9. The maximum atomic E-state index is 2.37. The van der Waals surface area contributed by atoms with E-state index < -0.39 is 0 Å². The quantitative estimate of drug-likeness (QED) is 0.341. The Morgan fingerprint density at radius 1 is 0.522 bits per heavy atom. The highest BCUT2D eigenvalue weighted by atomic mass is 14.1. The number of hydrogen-bond acceptors (Lipinski definition) is 0. The van der Waals surface area contributed by atoms with Gasteiger partial charge in [-0.3, -0.25) is 0 Å². The van der Waals surface area contributed by atoms with Gasteiger partial charge in [-0.2, -0.15) is 0 Å². The van der Waals surface area contributed by atoms with Gasteiger partial charge in [-0.05, 0) is 49.9 Å². The van der Waals surface area contributed by atoms with Crippen LogP contribution in [0.4, 0.5) is 0 Å². The van der Waals surface area contributed by atoms with Crippen LogP contribution in [-0.2, 0) is 6.42 Å². The zero-order chi connectivity index (χ0) is 15.2. The minimum absolute atomic E-state index is 0.977. The lowest BCUT2D eigenvalue weighted by Crippen LogP contribution is -1.92. The van der Waals surface area contributed by atoms with Crippen molar-refractivity contribution in [2.24, 2.45) is 0 Å². The minimum Gasteiger partial charge on any atom is -0.0622 e. The molecule has 0 saturated carbocycles. The highest BCUT2D eigenvalue weighted by Crippen LogP contribution is 2.36. The molecule has 108 valence electrons. The lowest BCUT2D eigenvalue weighted by atomic mass is 9.89. The Hall–Kier alpha value is -2.86. The van der Waals surface area contributed by atoms with Gasteiger partial charge in [-0.25, -0.2) is 0 Å². The van der Waals surface area contributed by atoms with Gasteiger partial charge in [0.2, 0.25) is 0 Å². The van der Waals surface area contributed by atoms with Crippen LogP contribution in [0, 0.1) is 0 Å². The largest absolute Gasteiger partial charge is 0.0622 e. The van der Waals surface area contributed by atoms with Crippen molar-refractivity contribution in [2.45, 2.75) is 6.42 Å². The smallest absolute Gasteiger partial charge is 0.00194 e. The average Bonchev–Trinajstić information content (AvgIpc) is 2.61. The molecule has 0 fully saturated rings. The molecule has 0 spiro atoms. The SMILES string of the molecule is c1ccc(Cc2cc3cccc4ccc5cccc2c5c43)cc1. The number of rotatable bonds is 2. The Morgan fingerprint density at radius 2 is 1.22 bits per heavy atom. The molecule has 0 amide bonds. The van der Waals surface area contributed by atoms with Gasteiger partial charge in [-0.1, -0.05) is 84.9 Å². The third kappa shape index (κ3) is 1.92. The predicted octanol–water partition coefficient (Wildman–Crippen LogP) is 6.17. The number of benzene rings is 5. The molecule has 0 N–H and O–H groups in total. The third-order valence-corrected chi connectivity index (χ3v) is 4.83. The van der Waals surface area contributed by atoms with Crippen LogP contribution in [0.2, 0.25) is 0 Å². The fraction of sp³-hybridized carbons (Fsp3) is 0.0435. The summed E-state index contributed by atoms with van der Waals surface area (Å²) >= 11 is 0. The van der Waals surface area contributed by atoms with Gasteiger partial charge in [0.15, 0.2) is 0 Å². The van der Waals surface area contributed by atoms with E-state index in [1.165, 1.54) is 43.4 Å². The van der Waals surface area contributed by atoms with Crippen LogP contribution in [0.5, 0.6) is 0 Å². The molecule has 0 nitrogen and oxygen atoms in total. The van der Waals surface area contributed by atoms with Gasteiger partial charge in [0.25, 0.3) is 0 Å². The molecule has 0 unspecified atom stereocenters.